The van der Waals surface area contributed by atoms with Gasteiger partial charge >= 0.3 is 0 Å². The second kappa shape index (κ2) is 4.49. The van der Waals surface area contributed by atoms with Gasteiger partial charge in [-0.2, -0.15) is 0 Å². The van der Waals surface area contributed by atoms with Crippen molar-refractivity contribution in [3.63, 3.8) is 0 Å². The van der Waals surface area contributed by atoms with Crippen LogP contribution < -0.4 is 11.1 Å². The van der Waals surface area contributed by atoms with Crippen molar-refractivity contribution in [3.05, 3.63) is 0 Å². The zero-order valence-corrected chi connectivity index (χ0v) is 9.93. The Morgan fingerprint density at radius 3 is 2.80 bits per heavy atom. The van der Waals surface area contributed by atoms with Crippen LogP contribution in [0.25, 0.3) is 0 Å². The molecule has 1 heterocycles. The smallest absolute Gasteiger partial charge is 0.240 e. The van der Waals surface area contributed by atoms with E-state index in [0.29, 0.717) is 19.6 Å². The van der Waals surface area contributed by atoms with Crippen LogP contribution in [0.5, 0.6) is 0 Å². The summed E-state index contributed by atoms with van der Waals surface area (Å²) in [6, 6.07) is 0. The molecule has 0 spiro atoms. The van der Waals surface area contributed by atoms with E-state index in [0.717, 1.165) is 12.8 Å². The van der Waals surface area contributed by atoms with E-state index in [1.165, 1.54) is 0 Å². The fourth-order valence-electron chi connectivity index (χ4n) is 1.82. The van der Waals surface area contributed by atoms with Crippen molar-refractivity contribution in [2.45, 2.75) is 51.1 Å². The standard InChI is InChI=1S/C11H22N2O2/c1-4-5-11(3,12)9(14)13-10(2)6-7-15-8-10/h4-8,12H2,1-3H3,(H,13,14). The highest BCUT2D eigenvalue weighted by atomic mass is 16.5. The van der Waals surface area contributed by atoms with E-state index >= 15 is 0 Å². The minimum atomic E-state index is -0.764. The van der Waals surface area contributed by atoms with Crippen LogP contribution in [0.2, 0.25) is 0 Å². The van der Waals surface area contributed by atoms with Crippen LogP contribution in [0.1, 0.15) is 40.0 Å². The fraction of sp³-hybridized carbons (Fsp3) is 0.909. The maximum atomic E-state index is 11.9. The van der Waals surface area contributed by atoms with Crippen molar-refractivity contribution in [1.29, 1.82) is 0 Å². The Bertz CT molecular complexity index is 233. The Kier molecular flexibility index (Phi) is 3.73. The van der Waals surface area contributed by atoms with Crippen LogP contribution in [0.15, 0.2) is 0 Å². The second-order valence-corrected chi connectivity index (χ2v) is 4.98. The van der Waals surface area contributed by atoms with Crippen molar-refractivity contribution in [2.24, 2.45) is 5.73 Å². The van der Waals surface area contributed by atoms with Gasteiger partial charge < -0.3 is 15.8 Å². The molecule has 88 valence electrons. The molecule has 4 nitrogen and oxygen atoms in total. The van der Waals surface area contributed by atoms with E-state index in [4.69, 9.17) is 10.5 Å². The van der Waals surface area contributed by atoms with E-state index in [2.05, 4.69) is 5.32 Å². The van der Waals surface area contributed by atoms with Crippen molar-refractivity contribution < 1.29 is 9.53 Å². The predicted molar refractivity (Wildman–Crippen MR) is 59.5 cm³/mol. The number of hydrogen-bond acceptors (Lipinski definition) is 3. The van der Waals surface area contributed by atoms with Crippen LogP contribution in [-0.2, 0) is 9.53 Å². The van der Waals surface area contributed by atoms with Gasteiger partial charge in [0.15, 0.2) is 0 Å². The molecular weight excluding hydrogens is 192 g/mol. The summed E-state index contributed by atoms with van der Waals surface area (Å²) in [4.78, 5) is 11.9. The van der Waals surface area contributed by atoms with E-state index < -0.39 is 5.54 Å². The van der Waals surface area contributed by atoms with Crippen LogP contribution in [-0.4, -0.2) is 30.2 Å². The summed E-state index contributed by atoms with van der Waals surface area (Å²) in [5, 5.41) is 2.99. The Hall–Kier alpha value is -0.610. The second-order valence-electron chi connectivity index (χ2n) is 4.98. The molecule has 15 heavy (non-hydrogen) atoms. The third kappa shape index (κ3) is 3.18. The Morgan fingerprint density at radius 2 is 2.33 bits per heavy atom. The Labute approximate surface area is 91.5 Å². The van der Waals surface area contributed by atoms with E-state index in [-0.39, 0.29) is 11.4 Å². The summed E-state index contributed by atoms with van der Waals surface area (Å²) in [6.07, 6.45) is 2.48. The average Bonchev–Trinajstić information content (AvgIpc) is 2.51. The van der Waals surface area contributed by atoms with E-state index in [1.807, 2.05) is 13.8 Å². The first kappa shape index (κ1) is 12.5. The molecule has 0 radical (unpaired) electrons. The monoisotopic (exact) mass is 214 g/mol. The van der Waals surface area contributed by atoms with Crippen LogP contribution in [0.3, 0.4) is 0 Å². The molecule has 0 bridgehead atoms. The molecule has 1 aliphatic heterocycles. The van der Waals surface area contributed by atoms with Crippen molar-refractivity contribution in [2.75, 3.05) is 13.2 Å². The highest BCUT2D eigenvalue weighted by Gasteiger charge is 2.36. The van der Waals surface area contributed by atoms with Crippen molar-refractivity contribution in [1.82, 2.24) is 5.32 Å². The summed E-state index contributed by atoms with van der Waals surface area (Å²) in [7, 11) is 0. The number of nitrogens with two attached hydrogens (primary N) is 1. The summed E-state index contributed by atoms with van der Waals surface area (Å²) in [5.74, 6) is -0.0719. The first-order valence-electron chi connectivity index (χ1n) is 5.59. The van der Waals surface area contributed by atoms with E-state index in [9.17, 15) is 4.79 Å². The zero-order valence-electron chi connectivity index (χ0n) is 9.93. The molecule has 1 amide bonds. The highest BCUT2D eigenvalue weighted by molar-refractivity contribution is 5.86. The molecule has 0 aliphatic carbocycles. The molecule has 3 N–H and O–H groups in total. The number of ether oxygens (including phenoxy) is 1. The summed E-state index contributed by atoms with van der Waals surface area (Å²) >= 11 is 0. The van der Waals surface area contributed by atoms with E-state index in [1.54, 1.807) is 6.92 Å². The van der Waals surface area contributed by atoms with Crippen molar-refractivity contribution in [3.8, 4) is 0 Å². The van der Waals surface area contributed by atoms with Gasteiger partial charge in [-0.15, -0.1) is 0 Å². The third-order valence-corrected chi connectivity index (χ3v) is 2.92. The van der Waals surface area contributed by atoms with Gasteiger partial charge in [0.2, 0.25) is 5.91 Å². The normalized spacial score (nSPS) is 29.9. The minimum absolute atomic E-state index is 0.0719. The SMILES string of the molecule is CCCC(C)(N)C(=O)NC1(C)CCOC1. The lowest BCUT2D eigenvalue weighted by atomic mass is 9.93. The highest BCUT2D eigenvalue weighted by Crippen LogP contribution is 2.19. The number of hydrogen-bond donors (Lipinski definition) is 2. The maximum Gasteiger partial charge on any atom is 0.240 e. The molecule has 1 fully saturated rings. The van der Waals surface area contributed by atoms with Crippen LogP contribution in [0, 0.1) is 0 Å². The average molecular weight is 214 g/mol. The van der Waals surface area contributed by atoms with Crippen LogP contribution in [0.4, 0.5) is 0 Å². The first-order chi connectivity index (χ1) is 6.90. The fourth-order valence-corrected chi connectivity index (χ4v) is 1.82. The van der Waals surface area contributed by atoms with Gasteiger partial charge in [0.1, 0.15) is 0 Å². The number of carbonyl (C=O) groups excluding carboxylic acids is 1. The lowest BCUT2D eigenvalue weighted by molar-refractivity contribution is -0.127. The summed E-state index contributed by atoms with van der Waals surface area (Å²) < 4.78 is 5.28. The molecule has 1 aliphatic rings. The number of amides is 1. The Balaban J connectivity index is 2.54. The Morgan fingerprint density at radius 1 is 1.67 bits per heavy atom. The summed E-state index contributed by atoms with van der Waals surface area (Å²) in [6.45, 7) is 7.11. The topological polar surface area (TPSA) is 64.4 Å². The minimum Gasteiger partial charge on any atom is -0.379 e. The molecule has 4 heteroatoms. The predicted octanol–water partition coefficient (Wildman–Crippen LogP) is 0.799. The maximum absolute atomic E-state index is 11.9. The van der Waals surface area contributed by atoms with Gasteiger partial charge in [0, 0.05) is 6.61 Å². The molecule has 0 saturated carbocycles. The van der Waals surface area contributed by atoms with Gasteiger partial charge in [-0.1, -0.05) is 13.3 Å². The zero-order chi connectivity index (χ0) is 11.5. The third-order valence-electron chi connectivity index (χ3n) is 2.92. The molecule has 0 aromatic heterocycles. The molecular formula is C11H22N2O2. The van der Waals surface area contributed by atoms with Gasteiger partial charge in [0.25, 0.3) is 0 Å². The first-order valence-corrected chi connectivity index (χ1v) is 5.59. The summed E-state index contributed by atoms with van der Waals surface area (Å²) in [5.41, 5.74) is 4.96. The van der Waals surface area contributed by atoms with Crippen LogP contribution >= 0.6 is 0 Å². The quantitative estimate of drug-likeness (QED) is 0.727. The van der Waals surface area contributed by atoms with Gasteiger partial charge in [0.05, 0.1) is 17.7 Å². The van der Waals surface area contributed by atoms with Gasteiger partial charge in [-0.3, -0.25) is 4.79 Å². The van der Waals surface area contributed by atoms with Crippen molar-refractivity contribution >= 4 is 5.91 Å². The molecule has 1 rings (SSSR count). The van der Waals surface area contributed by atoms with Gasteiger partial charge in [-0.25, -0.2) is 0 Å². The number of nitrogens with one attached hydrogen (secondary N) is 1. The molecule has 2 atom stereocenters. The number of rotatable bonds is 4. The largest absolute Gasteiger partial charge is 0.379 e. The van der Waals surface area contributed by atoms with Gasteiger partial charge in [-0.05, 0) is 26.7 Å². The molecule has 1 saturated heterocycles. The molecule has 0 aromatic carbocycles. The molecule has 2 unspecified atom stereocenters. The lowest BCUT2D eigenvalue weighted by Gasteiger charge is -2.30. The lowest BCUT2D eigenvalue weighted by Crippen LogP contribution is -2.58. The molecule has 0 aromatic rings. The number of carbonyl (C=O) groups is 1.